The second-order valence-corrected chi connectivity index (χ2v) is 5.99. The first-order valence-electron chi connectivity index (χ1n) is 8.16. The van der Waals surface area contributed by atoms with E-state index in [0.717, 1.165) is 24.2 Å². The number of nitrogens with one attached hydrogen (secondary N) is 1. The molecule has 0 aromatic heterocycles. The van der Waals surface area contributed by atoms with Crippen LogP contribution in [0.1, 0.15) is 24.8 Å². The second kappa shape index (κ2) is 8.92. The minimum Gasteiger partial charge on any atom is -0.497 e. The highest BCUT2D eigenvalue weighted by molar-refractivity contribution is 5.79. The van der Waals surface area contributed by atoms with Crippen molar-refractivity contribution in [3.63, 3.8) is 0 Å². The van der Waals surface area contributed by atoms with Gasteiger partial charge in [0.2, 0.25) is 11.8 Å². The van der Waals surface area contributed by atoms with Crippen molar-refractivity contribution in [2.24, 2.45) is 5.92 Å². The lowest BCUT2D eigenvalue weighted by atomic mass is 9.96. The van der Waals surface area contributed by atoms with E-state index in [-0.39, 0.29) is 18.2 Å². The van der Waals surface area contributed by atoms with Crippen molar-refractivity contribution in [3.05, 3.63) is 29.8 Å². The number of carbonyl (C=O) groups excluding carboxylic acids is 2. The summed E-state index contributed by atoms with van der Waals surface area (Å²) in [6.07, 6.45) is 1.99. The molecule has 0 unspecified atom stereocenters. The van der Waals surface area contributed by atoms with Crippen LogP contribution in [0.15, 0.2) is 24.3 Å². The first kappa shape index (κ1) is 17.8. The molecule has 1 N–H and O–H groups in total. The van der Waals surface area contributed by atoms with E-state index in [0.29, 0.717) is 32.0 Å². The van der Waals surface area contributed by atoms with E-state index < -0.39 is 0 Å². The van der Waals surface area contributed by atoms with Crippen LogP contribution in [-0.4, -0.2) is 43.5 Å². The van der Waals surface area contributed by atoms with Gasteiger partial charge >= 0.3 is 0 Å². The summed E-state index contributed by atoms with van der Waals surface area (Å²) in [5.41, 5.74) is 0.920. The van der Waals surface area contributed by atoms with Gasteiger partial charge < -0.3 is 15.0 Å². The van der Waals surface area contributed by atoms with Gasteiger partial charge in [-0.2, -0.15) is 5.26 Å². The maximum absolute atomic E-state index is 12.1. The fourth-order valence-corrected chi connectivity index (χ4v) is 2.85. The third kappa shape index (κ3) is 5.27. The van der Waals surface area contributed by atoms with Crippen LogP contribution in [0.4, 0.5) is 0 Å². The lowest BCUT2D eigenvalue weighted by Crippen LogP contribution is -2.41. The number of nitrogens with zero attached hydrogens (tertiary/aromatic N) is 2. The largest absolute Gasteiger partial charge is 0.497 e. The third-order valence-electron chi connectivity index (χ3n) is 4.28. The molecule has 0 aliphatic carbocycles. The van der Waals surface area contributed by atoms with Gasteiger partial charge in [-0.1, -0.05) is 12.1 Å². The van der Waals surface area contributed by atoms with E-state index >= 15 is 0 Å². The molecule has 1 aliphatic rings. The van der Waals surface area contributed by atoms with Gasteiger partial charge in [-0.05, 0) is 36.5 Å². The molecule has 6 heteroatoms. The van der Waals surface area contributed by atoms with E-state index in [9.17, 15) is 9.59 Å². The van der Waals surface area contributed by atoms with Gasteiger partial charge in [-0.3, -0.25) is 9.59 Å². The Hall–Kier alpha value is -2.55. The summed E-state index contributed by atoms with van der Waals surface area (Å²) < 4.78 is 5.15. The molecule has 128 valence electrons. The van der Waals surface area contributed by atoms with Crippen LogP contribution in [0.2, 0.25) is 0 Å². The Labute approximate surface area is 142 Å². The normalized spacial score (nSPS) is 14.8. The monoisotopic (exact) mass is 329 g/mol. The second-order valence-electron chi connectivity index (χ2n) is 5.99. The fraction of sp³-hybridized carbons (Fsp3) is 0.500. The Morgan fingerprint density at radius 1 is 1.38 bits per heavy atom. The van der Waals surface area contributed by atoms with Crippen LogP contribution < -0.4 is 10.1 Å². The highest BCUT2D eigenvalue weighted by Crippen LogP contribution is 2.17. The van der Waals surface area contributed by atoms with Crippen LogP contribution in [0.3, 0.4) is 0 Å². The van der Waals surface area contributed by atoms with Crippen molar-refractivity contribution in [1.29, 1.82) is 5.26 Å². The van der Waals surface area contributed by atoms with Crippen molar-refractivity contribution in [2.45, 2.75) is 25.7 Å². The zero-order valence-corrected chi connectivity index (χ0v) is 14.0. The van der Waals surface area contributed by atoms with Crippen molar-refractivity contribution in [2.75, 3.05) is 26.7 Å². The number of hydrogen-bond acceptors (Lipinski definition) is 4. The number of amides is 2. The van der Waals surface area contributed by atoms with Gasteiger partial charge in [0.25, 0.3) is 0 Å². The van der Waals surface area contributed by atoms with Gasteiger partial charge in [0.15, 0.2) is 0 Å². The van der Waals surface area contributed by atoms with Crippen LogP contribution in [-0.2, 0) is 16.0 Å². The molecule has 1 saturated heterocycles. The fourth-order valence-electron chi connectivity index (χ4n) is 2.85. The smallest absolute Gasteiger partial charge is 0.236 e. The summed E-state index contributed by atoms with van der Waals surface area (Å²) >= 11 is 0. The van der Waals surface area contributed by atoms with E-state index in [1.165, 1.54) is 0 Å². The average molecular weight is 329 g/mol. The molecule has 0 spiro atoms. The number of carbonyl (C=O) groups is 2. The van der Waals surface area contributed by atoms with Crippen molar-refractivity contribution >= 4 is 11.8 Å². The van der Waals surface area contributed by atoms with Gasteiger partial charge in [0, 0.05) is 19.6 Å². The molecular weight excluding hydrogens is 306 g/mol. The zero-order valence-electron chi connectivity index (χ0n) is 14.0. The molecule has 1 fully saturated rings. The number of benzene rings is 1. The van der Waals surface area contributed by atoms with Crippen molar-refractivity contribution in [3.8, 4) is 11.8 Å². The molecule has 1 aromatic rings. The molecule has 6 nitrogen and oxygen atoms in total. The first-order valence-corrected chi connectivity index (χ1v) is 8.16. The first-order chi connectivity index (χ1) is 11.6. The summed E-state index contributed by atoms with van der Waals surface area (Å²) in [6, 6.07) is 9.37. The Morgan fingerprint density at radius 3 is 2.79 bits per heavy atom. The number of methoxy groups -OCH3 is 1. The third-order valence-corrected chi connectivity index (χ3v) is 4.28. The predicted octanol–water partition coefficient (Wildman–Crippen LogP) is 1.51. The topological polar surface area (TPSA) is 82.4 Å². The van der Waals surface area contributed by atoms with Crippen LogP contribution >= 0.6 is 0 Å². The number of likely N-dealkylation sites (tertiary alicyclic amines) is 1. The Bertz CT molecular complexity index is 616. The number of piperidine rings is 1. The Balaban J connectivity index is 1.71. The summed E-state index contributed by atoms with van der Waals surface area (Å²) in [5.74, 6) is 1.02. The molecule has 0 bridgehead atoms. The molecule has 0 saturated carbocycles. The van der Waals surface area contributed by atoms with Crippen LogP contribution in [0.5, 0.6) is 5.75 Å². The molecule has 2 amide bonds. The zero-order chi connectivity index (χ0) is 17.4. The predicted molar refractivity (Wildman–Crippen MR) is 89.2 cm³/mol. The molecule has 2 rings (SSSR count). The van der Waals surface area contributed by atoms with Crippen molar-refractivity contribution < 1.29 is 14.3 Å². The minimum atomic E-state index is -0.0991. The highest BCUT2D eigenvalue weighted by atomic mass is 16.5. The number of ether oxygens (including phenoxy) is 1. The Kier molecular flexibility index (Phi) is 6.62. The highest BCUT2D eigenvalue weighted by Gasteiger charge is 2.22. The number of hydrogen-bond donors (Lipinski definition) is 1. The molecule has 0 atom stereocenters. The standard InChI is InChI=1S/C18H23N3O3/c1-24-16-4-2-3-15(11-16)12-17(22)20-13-14-6-9-21(10-7-14)18(23)5-8-19/h2-4,11,14H,5-7,9-10,12-13H2,1H3,(H,20,22). The minimum absolute atomic E-state index is 0.00811. The van der Waals surface area contributed by atoms with E-state index in [1.54, 1.807) is 12.0 Å². The maximum atomic E-state index is 12.1. The number of rotatable bonds is 6. The van der Waals surface area contributed by atoms with Gasteiger partial charge in [-0.15, -0.1) is 0 Å². The average Bonchev–Trinajstić information content (AvgIpc) is 2.61. The summed E-state index contributed by atoms with van der Waals surface area (Å²) in [4.78, 5) is 25.4. The molecular formula is C18H23N3O3. The summed E-state index contributed by atoms with van der Waals surface area (Å²) in [7, 11) is 1.60. The summed E-state index contributed by atoms with van der Waals surface area (Å²) in [5, 5.41) is 11.5. The lowest BCUT2D eigenvalue weighted by molar-refractivity contribution is -0.131. The molecule has 24 heavy (non-hydrogen) atoms. The number of nitriles is 1. The van der Waals surface area contributed by atoms with Gasteiger partial charge in [0.05, 0.1) is 19.6 Å². The molecule has 1 heterocycles. The summed E-state index contributed by atoms with van der Waals surface area (Å²) in [6.45, 7) is 1.96. The Morgan fingerprint density at radius 2 is 2.12 bits per heavy atom. The van der Waals surface area contributed by atoms with Gasteiger partial charge in [0.1, 0.15) is 12.2 Å². The van der Waals surface area contributed by atoms with Crippen LogP contribution in [0, 0.1) is 17.2 Å². The molecule has 1 aliphatic heterocycles. The van der Waals surface area contributed by atoms with Crippen molar-refractivity contribution in [1.82, 2.24) is 10.2 Å². The molecule has 1 aromatic carbocycles. The quantitative estimate of drug-likeness (QED) is 0.857. The van der Waals surface area contributed by atoms with Gasteiger partial charge in [-0.25, -0.2) is 0 Å². The maximum Gasteiger partial charge on any atom is 0.236 e. The van der Waals surface area contributed by atoms with Crippen LogP contribution in [0.25, 0.3) is 0 Å². The lowest BCUT2D eigenvalue weighted by Gasteiger charge is -2.31. The molecule has 0 radical (unpaired) electrons. The van der Waals surface area contributed by atoms with E-state index in [1.807, 2.05) is 30.3 Å². The SMILES string of the molecule is COc1cccc(CC(=O)NCC2CCN(C(=O)CC#N)CC2)c1. The van der Waals surface area contributed by atoms with E-state index in [4.69, 9.17) is 10.00 Å². The van der Waals surface area contributed by atoms with E-state index in [2.05, 4.69) is 5.32 Å².